The summed E-state index contributed by atoms with van der Waals surface area (Å²) >= 11 is 11.5. The number of nitrogens with one attached hydrogen (secondary N) is 2. The maximum absolute atomic E-state index is 11.0. The summed E-state index contributed by atoms with van der Waals surface area (Å²) < 4.78 is 30.9. The van der Waals surface area contributed by atoms with E-state index in [0.29, 0.717) is 5.71 Å². The molecule has 0 atom stereocenters. The normalized spacial score (nSPS) is 11.7. The van der Waals surface area contributed by atoms with E-state index < -0.39 is 20.9 Å². The van der Waals surface area contributed by atoms with Crippen LogP contribution in [0.2, 0.25) is 10.0 Å². The monoisotopic (exact) mass is 361 g/mol. The molecular weight excluding hydrogens is 352 g/mol. The first-order valence-electron chi connectivity index (χ1n) is 5.11. The van der Waals surface area contributed by atoms with E-state index in [1.165, 1.54) is 13.0 Å². The molecule has 0 saturated carbocycles. The average Bonchev–Trinajstić information content (AvgIpc) is 2.27. The summed E-state index contributed by atoms with van der Waals surface area (Å²) in [6, 6.07) is 2.15. The molecule has 1 rings (SSSR count). The Bertz CT molecular complexity index is 679. The van der Waals surface area contributed by atoms with Gasteiger partial charge in [0.25, 0.3) is 10.1 Å². The summed E-state index contributed by atoms with van der Waals surface area (Å²) in [5, 5.41) is 20.9. The smallest absolute Gasteiger partial charge is 0.862 e. The van der Waals surface area contributed by atoms with Crippen LogP contribution in [0.3, 0.4) is 0 Å². The van der Waals surface area contributed by atoms with Crippen molar-refractivity contribution in [2.75, 3.05) is 5.43 Å². The van der Waals surface area contributed by atoms with Crippen molar-refractivity contribution in [2.45, 2.75) is 18.2 Å². The van der Waals surface area contributed by atoms with E-state index in [9.17, 15) is 13.5 Å². The summed E-state index contributed by atoms with van der Waals surface area (Å²) in [7, 11) is -4.47. The maximum atomic E-state index is 11.0. The number of hydrogen-bond donors (Lipinski definition) is 3. The number of anilines is 1. The van der Waals surface area contributed by atoms with Gasteiger partial charge in [0.1, 0.15) is 4.90 Å². The molecule has 1 aromatic rings. The predicted octanol–water partition coefficient (Wildman–Crippen LogP) is -1.24. The number of rotatable bonds is 5. The number of halogens is 2. The molecule has 0 aliphatic rings. The maximum Gasteiger partial charge on any atom is 1.00 e. The van der Waals surface area contributed by atoms with Crippen LogP contribution in [0.15, 0.2) is 22.1 Å². The Hall–Kier alpha value is -0.350. The molecule has 7 nitrogen and oxygen atoms in total. The first-order chi connectivity index (χ1) is 9.11. The van der Waals surface area contributed by atoms with Gasteiger partial charge < -0.3 is 10.5 Å². The van der Waals surface area contributed by atoms with Gasteiger partial charge in [-0.05, 0) is 25.0 Å². The molecule has 0 saturated heterocycles. The van der Waals surface area contributed by atoms with Crippen LogP contribution in [0.5, 0.6) is 0 Å². The molecule has 3 N–H and O–H groups in total. The molecule has 0 amide bonds. The van der Waals surface area contributed by atoms with Crippen LogP contribution in [0.1, 0.15) is 13.3 Å². The van der Waals surface area contributed by atoms with Crippen molar-refractivity contribution in [3.05, 3.63) is 22.2 Å². The Morgan fingerprint density at radius 2 is 2.00 bits per heavy atom. The molecule has 0 aliphatic heterocycles. The summed E-state index contributed by atoms with van der Waals surface area (Å²) in [6.07, 6.45) is -0.151. The average molecular weight is 362 g/mol. The van der Waals surface area contributed by atoms with Crippen molar-refractivity contribution < 1.29 is 47.6 Å². The molecule has 0 bridgehead atoms. The van der Waals surface area contributed by atoms with Crippen molar-refractivity contribution in [1.82, 2.24) is 0 Å². The molecule has 11 heteroatoms. The molecular formula is C10H10Cl2N3NaO4S. The molecule has 110 valence electrons. The molecule has 0 spiro atoms. The number of nitrogens with zero attached hydrogens (tertiary/aromatic N) is 1. The Kier molecular flexibility index (Phi) is 8.19. The third-order valence-corrected chi connectivity index (χ3v) is 3.71. The van der Waals surface area contributed by atoms with Gasteiger partial charge in [0, 0.05) is 12.1 Å². The van der Waals surface area contributed by atoms with Crippen molar-refractivity contribution in [3.8, 4) is 0 Å². The van der Waals surface area contributed by atoms with Gasteiger partial charge >= 0.3 is 29.6 Å². The first-order valence-corrected chi connectivity index (χ1v) is 7.31. The molecule has 0 heterocycles. The number of hydrogen-bond acceptors (Lipinski definition) is 6. The molecule has 0 aromatic heterocycles. The van der Waals surface area contributed by atoms with Gasteiger partial charge in [0.2, 0.25) is 0 Å². The van der Waals surface area contributed by atoms with E-state index in [-0.39, 0.29) is 51.7 Å². The minimum Gasteiger partial charge on any atom is -0.862 e. The number of hydrazone groups is 1. The van der Waals surface area contributed by atoms with Gasteiger partial charge in [0.15, 0.2) is 0 Å². The fourth-order valence-corrected chi connectivity index (χ4v) is 2.54. The molecule has 21 heavy (non-hydrogen) atoms. The van der Waals surface area contributed by atoms with E-state index >= 15 is 0 Å². The molecule has 1 aromatic carbocycles. The summed E-state index contributed by atoms with van der Waals surface area (Å²) in [4.78, 5) is -0.517. The zero-order chi connectivity index (χ0) is 15.5. The van der Waals surface area contributed by atoms with E-state index in [1.54, 1.807) is 0 Å². The third kappa shape index (κ3) is 6.52. The van der Waals surface area contributed by atoms with Crippen LogP contribution in [0.25, 0.3) is 0 Å². The molecule has 0 aliphatic carbocycles. The van der Waals surface area contributed by atoms with E-state index in [0.717, 1.165) is 6.07 Å². The Morgan fingerprint density at radius 1 is 1.43 bits per heavy atom. The first kappa shape index (κ1) is 20.6. The quantitative estimate of drug-likeness (QED) is 0.199. The third-order valence-electron chi connectivity index (χ3n) is 2.08. The summed E-state index contributed by atoms with van der Waals surface area (Å²) in [6.45, 7) is 1.53. The van der Waals surface area contributed by atoms with Gasteiger partial charge in [-0.3, -0.25) is 9.98 Å². The van der Waals surface area contributed by atoms with E-state index in [2.05, 4.69) is 10.5 Å². The second kappa shape index (κ2) is 8.33. The van der Waals surface area contributed by atoms with Gasteiger partial charge in [-0.2, -0.15) is 13.5 Å². The van der Waals surface area contributed by atoms with E-state index in [4.69, 9.17) is 33.2 Å². The second-order valence-electron chi connectivity index (χ2n) is 3.80. The van der Waals surface area contributed by atoms with Crippen LogP contribution in [-0.2, 0) is 10.1 Å². The van der Waals surface area contributed by atoms with Gasteiger partial charge in [-0.15, -0.1) is 0 Å². The van der Waals surface area contributed by atoms with Crippen molar-refractivity contribution in [1.29, 1.82) is 5.41 Å². The van der Waals surface area contributed by atoms with Crippen LogP contribution in [0.4, 0.5) is 5.69 Å². The standard InChI is InChI=1S/C10H11Cl2N3O4S.Na/c1-5(2-10(13)16)14-15-8-3-7(12)9(4-6(8)11)20(17,18)19;/h3-4,15H,2H2,1H3,(H2,13,16)(H,17,18,19);/q;+1/p-1/b14-5-;. The zero-order valence-electron chi connectivity index (χ0n) is 11.1. The summed E-state index contributed by atoms with van der Waals surface area (Å²) in [5.74, 6) is -0.793. The summed E-state index contributed by atoms with van der Waals surface area (Å²) in [5.41, 5.74) is 3.04. The van der Waals surface area contributed by atoms with Crippen LogP contribution in [-0.4, -0.2) is 24.6 Å². The van der Waals surface area contributed by atoms with Crippen molar-refractivity contribution in [2.24, 2.45) is 5.10 Å². The Labute approximate surface area is 153 Å². The van der Waals surface area contributed by atoms with Gasteiger partial charge in [-0.1, -0.05) is 23.2 Å². The minimum absolute atomic E-state index is 0. The largest absolute Gasteiger partial charge is 1.00 e. The fraction of sp³-hybridized carbons (Fsp3) is 0.200. The fourth-order valence-electron chi connectivity index (χ4n) is 1.24. The van der Waals surface area contributed by atoms with E-state index in [1.807, 2.05) is 0 Å². The second-order valence-corrected chi connectivity index (χ2v) is 6.00. The van der Waals surface area contributed by atoms with Crippen molar-refractivity contribution in [3.63, 3.8) is 0 Å². The molecule has 0 radical (unpaired) electrons. The zero-order valence-corrected chi connectivity index (χ0v) is 15.5. The number of benzene rings is 1. The topological polar surface area (TPSA) is 126 Å². The molecule has 0 unspecified atom stereocenters. The Morgan fingerprint density at radius 3 is 2.48 bits per heavy atom. The molecule has 0 fully saturated rings. The Balaban J connectivity index is 0.00000400. The van der Waals surface area contributed by atoms with Crippen LogP contribution >= 0.6 is 23.2 Å². The van der Waals surface area contributed by atoms with Crippen molar-refractivity contribution >= 4 is 50.6 Å². The van der Waals surface area contributed by atoms with Gasteiger partial charge in [-0.25, -0.2) is 0 Å². The van der Waals surface area contributed by atoms with Crippen LogP contribution in [0, 0.1) is 5.41 Å². The SMILES string of the molecule is C/C(CC(=N)[O-])=N/Nc1cc(Cl)c(S(=O)(=O)O)cc1Cl.[Na+]. The minimum atomic E-state index is -4.47. The van der Waals surface area contributed by atoms with Gasteiger partial charge in [0.05, 0.1) is 15.7 Å². The predicted molar refractivity (Wildman–Crippen MR) is 75.4 cm³/mol. The van der Waals surface area contributed by atoms with Crippen LogP contribution < -0.4 is 40.1 Å².